The maximum absolute atomic E-state index is 6.39. The molecular formula is C11H14Cl2S. The SMILES string of the molecule is Clc1ccc(C2CCCCCC2Cl)s1. The fraction of sp³-hybridized carbons (Fsp3) is 0.636. The summed E-state index contributed by atoms with van der Waals surface area (Å²) in [6, 6.07) is 4.12. The lowest BCUT2D eigenvalue weighted by Crippen LogP contribution is -2.09. The Labute approximate surface area is 99.2 Å². The standard InChI is InChI=1S/C11H14Cl2S/c12-9-5-3-1-2-4-8(9)10-6-7-11(13)14-10/h6-9H,1-5H2. The van der Waals surface area contributed by atoms with Crippen LogP contribution in [0.5, 0.6) is 0 Å². The van der Waals surface area contributed by atoms with Gasteiger partial charge in [-0.3, -0.25) is 0 Å². The highest BCUT2D eigenvalue weighted by atomic mass is 35.5. The first-order chi connectivity index (χ1) is 6.77. The van der Waals surface area contributed by atoms with Crippen LogP contribution in [0.15, 0.2) is 12.1 Å². The van der Waals surface area contributed by atoms with E-state index >= 15 is 0 Å². The maximum atomic E-state index is 6.39. The third kappa shape index (κ3) is 2.44. The van der Waals surface area contributed by atoms with Crippen molar-refractivity contribution in [2.45, 2.75) is 43.4 Å². The Balaban J connectivity index is 2.14. The quantitative estimate of drug-likeness (QED) is 0.482. The Morgan fingerprint density at radius 3 is 2.64 bits per heavy atom. The molecule has 1 aliphatic rings. The molecule has 1 aromatic heterocycles. The number of thiophene rings is 1. The Morgan fingerprint density at radius 1 is 1.14 bits per heavy atom. The third-order valence-electron chi connectivity index (χ3n) is 2.89. The molecule has 3 heteroatoms. The molecular weight excluding hydrogens is 235 g/mol. The van der Waals surface area contributed by atoms with E-state index in [0.29, 0.717) is 11.3 Å². The van der Waals surface area contributed by atoms with Gasteiger partial charge in [0.25, 0.3) is 0 Å². The highest BCUT2D eigenvalue weighted by molar-refractivity contribution is 7.16. The fourth-order valence-electron chi connectivity index (χ4n) is 2.11. The van der Waals surface area contributed by atoms with E-state index in [9.17, 15) is 0 Å². The molecule has 0 bridgehead atoms. The minimum absolute atomic E-state index is 0.312. The van der Waals surface area contributed by atoms with Gasteiger partial charge in [0.1, 0.15) is 0 Å². The van der Waals surface area contributed by atoms with E-state index in [-0.39, 0.29) is 0 Å². The largest absolute Gasteiger partial charge is 0.128 e. The summed E-state index contributed by atoms with van der Waals surface area (Å²) in [7, 11) is 0. The molecule has 0 nitrogen and oxygen atoms in total. The fourth-order valence-corrected chi connectivity index (χ4v) is 3.86. The van der Waals surface area contributed by atoms with Gasteiger partial charge in [-0.15, -0.1) is 22.9 Å². The monoisotopic (exact) mass is 248 g/mol. The van der Waals surface area contributed by atoms with Crippen LogP contribution in [0.3, 0.4) is 0 Å². The highest BCUT2D eigenvalue weighted by Crippen LogP contribution is 2.39. The zero-order valence-electron chi connectivity index (χ0n) is 8.01. The van der Waals surface area contributed by atoms with Crippen LogP contribution in [-0.4, -0.2) is 5.38 Å². The molecule has 0 amide bonds. The van der Waals surface area contributed by atoms with Crippen molar-refractivity contribution in [3.63, 3.8) is 0 Å². The number of hydrogen-bond acceptors (Lipinski definition) is 1. The average molecular weight is 249 g/mol. The molecule has 2 rings (SSSR count). The Hall–Kier alpha value is 0.280. The van der Waals surface area contributed by atoms with Gasteiger partial charge in [-0.2, -0.15) is 0 Å². The lowest BCUT2D eigenvalue weighted by molar-refractivity contribution is 0.609. The molecule has 0 N–H and O–H groups in total. The number of hydrogen-bond donors (Lipinski definition) is 0. The van der Waals surface area contributed by atoms with Gasteiger partial charge >= 0.3 is 0 Å². The van der Waals surface area contributed by atoms with E-state index in [1.807, 2.05) is 6.07 Å². The van der Waals surface area contributed by atoms with Gasteiger partial charge in [0.2, 0.25) is 0 Å². The third-order valence-corrected chi connectivity index (χ3v) is 4.78. The molecule has 2 atom stereocenters. The zero-order chi connectivity index (χ0) is 9.97. The molecule has 1 saturated carbocycles. The molecule has 0 radical (unpaired) electrons. The van der Waals surface area contributed by atoms with Crippen molar-refractivity contribution >= 4 is 34.5 Å². The second-order valence-corrected chi connectivity index (χ2v) is 6.21. The summed E-state index contributed by atoms with van der Waals surface area (Å²) in [4.78, 5) is 1.37. The van der Waals surface area contributed by atoms with E-state index < -0.39 is 0 Å². The van der Waals surface area contributed by atoms with E-state index in [1.165, 1.54) is 30.6 Å². The van der Waals surface area contributed by atoms with Crippen LogP contribution in [-0.2, 0) is 0 Å². The van der Waals surface area contributed by atoms with Crippen LogP contribution < -0.4 is 0 Å². The highest BCUT2D eigenvalue weighted by Gasteiger charge is 2.24. The van der Waals surface area contributed by atoms with Gasteiger partial charge in [-0.05, 0) is 25.0 Å². The van der Waals surface area contributed by atoms with Gasteiger partial charge in [-0.25, -0.2) is 0 Å². The molecule has 0 spiro atoms. The molecule has 1 heterocycles. The number of rotatable bonds is 1. The number of alkyl halides is 1. The van der Waals surface area contributed by atoms with Crippen LogP contribution in [0.25, 0.3) is 0 Å². The summed E-state index contributed by atoms with van der Waals surface area (Å²) in [5, 5.41) is 0.312. The molecule has 1 aliphatic carbocycles. The van der Waals surface area contributed by atoms with Crippen LogP contribution in [0.2, 0.25) is 4.34 Å². The second kappa shape index (κ2) is 4.87. The molecule has 2 unspecified atom stereocenters. The predicted octanol–water partition coefficient (Wildman–Crippen LogP) is 5.06. The Morgan fingerprint density at radius 2 is 1.93 bits per heavy atom. The summed E-state index contributed by atoms with van der Waals surface area (Å²) in [6.07, 6.45) is 6.30. The zero-order valence-corrected chi connectivity index (χ0v) is 10.3. The van der Waals surface area contributed by atoms with Crippen molar-refractivity contribution in [2.75, 3.05) is 0 Å². The molecule has 1 fully saturated rings. The van der Waals surface area contributed by atoms with Crippen molar-refractivity contribution in [3.05, 3.63) is 21.3 Å². The first kappa shape index (κ1) is 10.8. The molecule has 1 aromatic rings. The topological polar surface area (TPSA) is 0 Å². The minimum atomic E-state index is 0.312. The summed E-state index contributed by atoms with van der Waals surface area (Å²) < 4.78 is 0.883. The van der Waals surface area contributed by atoms with Gasteiger partial charge in [-0.1, -0.05) is 30.9 Å². The summed E-state index contributed by atoms with van der Waals surface area (Å²) in [5.41, 5.74) is 0. The van der Waals surface area contributed by atoms with Crippen LogP contribution in [0, 0.1) is 0 Å². The maximum Gasteiger partial charge on any atom is 0.0931 e. The minimum Gasteiger partial charge on any atom is -0.128 e. The predicted molar refractivity (Wildman–Crippen MR) is 64.8 cm³/mol. The smallest absolute Gasteiger partial charge is 0.0931 e. The van der Waals surface area contributed by atoms with E-state index in [0.717, 1.165) is 10.8 Å². The van der Waals surface area contributed by atoms with E-state index in [2.05, 4.69) is 6.07 Å². The Bertz CT molecular complexity index is 295. The van der Waals surface area contributed by atoms with Crippen LogP contribution in [0.4, 0.5) is 0 Å². The van der Waals surface area contributed by atoms with Crippen molar-refractivity contribution < 1.29 is 0 Å². The van der Waals surface area contributed by atoms with Crippen molar-refractivity contribution in [2.24, 2.45) is 0 Å². The van der Waals surface area contributed by atoms with Crippen molar-refractivity contribution in [1.29, 1.82) is 0 Å². The molecule has 0 saturated heterocycles. The summed E-state index contributed by atoms with van der Waals surface area (Å²) in [5.74, 6) is 0.539. The second-order valence-electron chi connectivity index (χ2n) is 3.90. The molecule has 78 valence electrons. The summed E-state index contributed by atoms with van der Waals surface area (Å²) >= 11 is 14.0. The first-order valence-corrected chi connectivity index (χ1v) is 6.80. The normalized spacial score (nSPS) is 28.7. The summed E-state index contributed by atoms with van der Waals surface area (Å²) in [6.45, 7) is 0. The van der Waals surface area contributed by atoms with Crippen molar-refractivity contribution in [3.8, 4) is 0 Å². The van der Waals surface area contributed by atoms with Gasteiger partial charge in [0, 0.05) is 16.2 Å². The lowest BCUT2D eigenvalue weighted by Gasteiger charge is -2.17. The lowest BCUT2D eigenvalue weighted by atomic mass is 9.98. The van der Waals surface area contributed by atoms with Crippen LogP contribution in [0.1, 0.15) is 42.9 Å². The van der Waals surface area contributed by atoms with Crippen molar-refractivity contribution in [1.82, 2.24) is 0 Å². The molecule has 0 aromatic carbocycles. The van der Waals surface area contributed by atoms with E-state index in [1.54, 1.807) is 11.3 Å². The van der Waals surface area contributed by atoms with E-state index in [4.69, 9.17) is 23.2 Å². The average Bonchev–Trinajstić information content (AvgIpc) is 2.46. The van der Waals surface area contributed by atoms with Gasteiger partial charge in [0.15, 0.2) is 0 Å². The van der Waals surface area contributed by atoms with Gasteiger partial charge in [0.05, 0.1) is 4.34 Å². The van der Waals surface area contributed by atoms with Crippen LogP contribution >= 0.6 is 34.5 Å². The molecule has 14 heavy (non-hydrogen) atoms. The first-order valence-electron chi connectivity index (χ1n) is 5.16. The number of halogens is 2. The van der Waals surface area contributed by atoms with Gasteiger partial charge < -0.3 is 0 Å². The molecule has 0 aliphatic heterocycles. The Kier molecular flexibility index (Phi) is 3.75.